The van der Waals surface area contributed by atoms with Gasteiger partial charge in [-0.1, -0.05) is 24.3 Å². The third kappa shape index (κ3) is 2.07. The van der Waals surface area contributed by atoms with Gasteiger partial charge in [-0.3, -0.25) is 0 Å². The second kappa shape index (κ2) is 4.56. The number of fused-ring (bicyclic) bond motifs is 1. The molecule has 0 amide bonds. The highest BCUT2D eigenvalue weighted by Gasteiger charge is 2.28. The molecule has 0 fully saturated rings. The molecular weight excluding hydrogens is 294 g/mol. The second-order valence-electron chi connectivity index (χ2n) is 4.57. The van der Waals surface area contributed by atoms with E-state index in [1.165, 1.54) is 22.4 Å². The van der Waals surface area contributed by atoms with Gasteiger partial charge < -0.3 is 5.73 Å². The van der Waals surface area contributed by atoms with Gasteiger partial charge in [0.15, 0.2) is 0 Å². The lowest BCUT2D eigenvalue weighted by Gasteiger charge is -2.31. The van der Waals surface area contributed by atoms with Crippen LogP contribution in [0.4, 0.5) is 0 Å². The van der Waals surface area contributed by atoms with E-state index in [2.05, 4.69) is 51.6 Å². The Labute approximate surface area is 114 Å². The van der Waals surface area contributed by atoms with Gasteiger partial charge in [0, 0.05) is 15.4 Å². The molecule has 88 valence electrons. The van der Waals surface area contributed by atoms with E-state index in [9.17, 15) is 0 Å². The summed E-state index contributed by atoms with van der Waals surface area (Å²) in [4.78, 5) is 1.27. The second-order valence-corrected chi connectivity index (χ2v) is 6.38. The number of rotatable bonds is 3. The minimum absolute atomic E-state index is 0.155. The predicted molar refractivity (Wildman–Crippen MR) is 76.5 cm³/mol. The first-order chi connectivity index (χ1) is 8.25. The minimum atomic E-state index is 0.155. The molecule has 0 aliphatic heterocycles. The molecule has 0 radical (unpaired) electrons. The van der Waals surface area contributed by atoms with Crippen LogP contribution in [0.25, 0.3) is 0 Å². The van der Waals surface area contributed by atoms with E-state index >= 15 is 0 Å². The Hall–Kier alpha value is -0.640. The largest absolute Gasteiger partial charge is 0.323 e. The summed E-state index contributed by atoms with van der Waals surface area (Å²) in [6.45, 7) is 0. The maximum absolute atomic E-state index is 6.29. The molecule has 0 saturated heterocycles. The molecule has 17 heavy (non-hydrogen) atoms. The van der Waals surface area contributed by atoms with Crippen molar-refractivity contribution in [1.82, 2.24) is 0 Å². The van der Waals surface area contributed by atoms with Gasteiger partial charge in [-0.15, -0.1) is 11.3 Å². The van der Waals surface area contributed by atoms with Gasteiger partial charge >= 0.3 is 0 Å². The molecule has 0 spiro atoms. The highest BCUT2D eigenvalue weighted by Crippen LogP contribution is 2.41. The van der Waals surface area contributed by atoms with Crippen LogP contribution in [0.15, 0.2) is 40.2 Å². The molecule has 2 aromatic rings. The lowest BCUT2D eigenvalue weighted by atomic mass is 9.74. The van der Waals surface area contributed by atoms with Crippen LogP contribution in [0.5, 0.6) is 0 Å². The van der Waals surface area contributed by atoms with Crippen LogP contribution in [0.2, 0.25) is 0 Å². The van der Waals surface area contributed by atoms with Crippen molar-refractivity contribution in [1.29, 1.82) is 0 Å². The summed E-state index contributed by atoms with van der Waals surface area (Å²) in [6.07, 6.45) is 2.24. The predicted octanol–water partition coefficient (Wildman–Crippen LogP) is 4.24. The third-order valence-electron chi connectivity index (χ3n) is 3.48. The Morgan fingerprint density at radius 1 is 1.35 bits per heavy atom. The molecule has 1 aliphatic rings. The summed E-state index contributed by atoms with van der Waals surface area (Å²) in [5.74, 6) is 0.648. The Kier molecular flexibility index (Phi) is 3.07. The van der Waals surface area contributed by atoms with Gasteiger partial charge in [0.05, 0.1) is 0 Å². The fourth-order valence-electron chi connectivity index (χ4n) is 2.56. The first kappa shape index (κ1) is 11.5. The topological polar surface area (TPSA) is 26.0 Å². The number of thiophene rings is 1. The summed E-state index contributed by atoms with van der Waals surface area (Å²) >= 11 is 5.30. The molecule has 0 bridgehead atoms. The summed E-state index contributed by atoms with van der Waals surface area (Å²) in [6, 6.07) is 10.9. The Balaban J connectivity index is 1.72. The lowest BCUT2D eigenvalue weighted by molar-refractivity contribution is 0.502. The van der Waals surface area contributed by atoms with Gasteiger partial charge in [-0.05, 0) is 57.3 Å². The average Bonchev–Trinajstić information content (AvgIpc) is 2.72. The van der Waals surface area contributed by atoms with Crippen molar-refractivity contribution in [2.24, 2.45) is 5.73 Å². The highest BCUT2D eigenvalue weighted by molar-refractivity contribution is 9.10. The van der Waals surface area contributed by atoms with Crippen LogP contribution in [0.1, 0.15) is 34.4 Å². The lowest BCUT2D eigenvalue weighted by Crippen LogP contribution is -2.22. The van der Waals surface area contributed by atoms with Gasteiger partial charge in [-0.25, -0.2) is 0 Å². The van der Waals surface area contributed by atoms with Crippen LogP contribution >= 0.6 is 27.3 Å². The highest BCUT2D eigenvalue weighted by atomic mass is 79.9. The smallest absolute Gasteiger partial charge is 0.0407 e. The molecule has 3 heteroatoms. The van der Waals surface area contributed by atoms with Gasteiger partial charge in [-0.2, -0.15) is 0 Å². The molecule has 3 rings (SSSR count). The van der Waals surface area contributed by atoms with E-state index in [-0.39, 0.29) is 6.04 Å². The molecule has 0 saturated carbocycles. The van der Waals surface area contributed by atoms with Crippen molar-refractivity contribution in [3.63, 3.8) is 0 Å². The van der Waals surface area contributed by atoms with Crippen molar-refractivity contribution in [2.75, 3.05) is 0 Å². The number of halogens is 1. The maximum atomic E-state index is 6.29. The SMILES string of the molecule is NC(CC1Cc2ccccc21)c1sccc1Br. The van der Waals surface area contributed by atoms with Gasteiger partial charge in [0.25, 0.3) is 0 Å². The summed E-state index contributed by atoms with van der Waals surface area (Å²) in [5.41, 5.74) is 9.28. The van der Waals surface area contributed by atoms with Crippen molar-refractivity contribution in [3.05, 3.63) is 56.2 Å². The monoisotopic (exact) mass is 307 g/mol. The van der Waals surface area contributed by atoms with Crippen molar-refractivity contribution in [3.8, 4) is 0 Å². The average molecular weight is 308 g/mol. The van der Waals surface area contributed by atoms with E-state index in [1.807, 2.05) is 0 Å². The Morgan fingerprint density at radius 3 is 2.88 bits per heavy atom. The fourth-order valence-corrected chi connectivity index (χ4v) is 4.24. The van der Waals surface area contributed by atoms with E-state index < -0.39 is 0 Å². The standard InChI is InChI=1S/C14H14BrNS/c15-12-5-6-17-14(12)13(16)8-10-7-9-3-1-2-4-11(9)10/h1-6,10,13H,7-8,16H2. The van der Waals surface area contributed by atoms with E-state index in [4.69, 9.17) is 5.73 Å². The van der Waals surface area contributed by atoms with Gasteiger partial charge in [0.1, 0.15) is 0 Å². The molecule has 1 aliphatic carbocycles. The summed E-state index contributed by atoms with van der Waals surface area (Å²) in [5, 5.41) is 2.09. The first-order valence-corrected chi connectivity index (χ1v) is 7.49. The number of nitrogens with two attached hydrogens (primary N) is 1. The van der Waals surface area contributed by atoms with Crippen molar-refractivity contribution in [2.45, 2.75) is 24.8 Å². The van der Waals surface area contributed by atoms with E-state index in [0.717, 1.165) is 10.9 Å². The normalized spacial score (nSPS) is 19.5. The van der Waals surface area contributed by atoms with Crippen molar-refractivity contribution < 1.29 is 0 Å². The summed E-state index contributed by atoms with van der Waals surface area (Å²) in [7, 11) is 0. The molecule has 2 atom stereocenters. The molecule has 1 aromatic carbocycles. The fraction of sp³-hybridized carbons (Fsp3) is 0.286. The zero-order valence-electron chi connectivity index (χ0n) is 9.40. The quantitative estimate of drug-likeness (QED) is 0.901. The zero-order valence-corrected chi connectivity index (χ0v) is 11.8. The molecule has 1 heterocycles. The molecular formula is C14H14BrNS. The van der Waals surface area contributed by atoms with Crippen LogP contribution < -0.4 is 5.73 Å². The Bertz CT molecular complexity index is 535. The zero-order chi connectivity index (χ0) is 11.8. The number of benzene rings is 1. The first-order valence-electron chi connectivity index (χ1n) is 5.82. The van der Waals surface area contributed by atoms with Crippen molar-refractivity contribution >= 4 is 27.3 Å². The molecule has 1 aromatic heterocycles. The number of hydrogen-bond acceptors (Lipinski definition) is 2. The van der Waals surface area contributed by atoms with Crippen LogP contribution in [-0.2, 0) is 6.42 Å². The van der Waals surface area contributed by atoms with E-state index in [0.29, 0.717) is 5.92 Å². The minimum Gasteiger partial charge on any atom is -0.323 e. The molecule has 1 nitrogen and oxygen atoms in total. The maximum Gasteiger partial charge on any atom is 0.0407 e. The van der Waals surface area contributed by atoms with E-state index in [1.54, 1.807) is 11.3 Å². The molecule has 2 unspecified atom stereocenters. The van der Waals surface area contributed by atoms with Gasteiger partial charge in [0.2, 0.25) is 0 Å². The third-order valence-corrected chi connectivity index (χ3v) is 5.48. The molecule has 2 N–H and O–H groups in total. The van der Waals surface area contributed by atoms with Crippen LogP contribution in [-0.4, -0.2) is 0 Å². The van der Waals surface area contributed by atoms with Crippen LogP contribution in [0, 0.1) is 0 Å². The Morgan fingerprint density at radius 2 is 2.18 bits per heavy atom. The number of hydrogen-bond donors (Lipinski definition) is 1. The summed E-state index contributed by atoms with van der Waals surface area (Å²) < 4.78 is 1.16. The van der Waals surface area contributed by atoms with Crippen LogP contribution in [0.3, 0.4) is 0 Å².